The molecule has 0 fully saturated rings. The molecule has 276 valence electrons. The Labute approximate surface area is 338 Å². The standard InChI is InChI=1S/C54H40N4/c1-36-16-10-11-23-45(36)46-33-32-43(34-37(46)2)53-55-52(40-30-28-39(29-31-40)42-20-14-19-41(35-42)38-17-6-3-4-7-18-38)56-54(57-53)48-25-15-27-50-51(48)47-24-12-13-26-49(47)58(50)44-21-8-5-9-22-44/h3-6,8-35H,7H2,1-2H3. The molecule has 2 heterocycles. The van der Waals surface area contributed by atoms with Crippen LogP contribution in [0.25, 0.3) is 89.5 Å². The summed E-state index contributed by atoms with van der Waals surface area (Å²) in [5.41, 5.74) is 15.8. The SMILES string of the molecule is Cc1ccccc1-c1ccc(-c2nc(-c3ccc(-c4cccc(C5=CCC=CC=C5)c4)cc3)nc(-c3cccc4c3c3ccccc3n4-c3ccccc3)n2)cc1C. The predicted molar refractivity (Wildman–Crippen MR) is 242 cm³/mol. The molecular weight excluding hydrogens is 705 g/mol. The predicted octanol–water partition coefficient (Wildman–Crippen LogP) is 13.8. The van der Waals surface area contributed by atoms with E-state index in [1.807, 2.05) is 0 Å². The Bertz CT molecular complexity index is 3090. The van der Waals surface area contributed by atoms with Crippen molar-refractivity contribution in [1.82, 2.24) is 19.5 Å². The van der Waals surface area contributed by atoms with E-state index in [9.17, 15) is 0 Å². The van der Waals surface area contributed by atoms with Gasteiger partial charge in [0.25, 0.3) is 0 Å². The van der Waals surface area contributed by atoms with Gasteiger partial charge in [-0.25, -0.2) is 15.0 Å². The Kier molecular flexibility index (Phi) is 9.00. The van der Waals surface area contributed by atoms with Gasteiger partial charge in [-0.3, -0.25) is 0 Å². The third-order valence-corrected chi connectivity index (χ3v) is 11.2. The Morgan fingerprint density at radius 1 is 0.448 bits per heavy atom. The summed E-state index contributed by atoms with van der Waals surface area (Å²) in [7, 11) is 0. The Morgan fingerprint density at radius 2 is 1.10 bits per heavy atom. The number of fused-ring (bicyclic) bond motifs is 3. The lowest BCUT2D eigenvalue weighted by Crippen LogP contribution is -2.01. The molecule has 0 radical (unpaired) electrons. The quantitative estimate of drug-likeness (QED) is 0.163. The molecular formula is C54H40N4. The van der Waals surface area contributed by atoms with Crippen molar-refractivity contribution in [2.24, 2.45) is 0 Å². The summed E-state index contributed by atoms with van der Waals surface area (Å²) in [5, 5.41) is 2.26. The summed E-state index contributed by atoms with van der Waals surface area (Å²) < 4.78 is 2.33. The van der Waals surface area contributed by atoms with Gasteiger partial charge in [-0.15, -0.1) is 0 Å². The van der Waals surface area contributed by atoms with Crippen LogP contribution in [-0.2, 0) is 0 Å². The Hall–Kier alpha value is -7.43. The van der Waals surface area contributed by atoms with Gasteiger partial charge in [-0.1, -0.05) is 158 Å². The topological polar surface area (TPSA) is 43.6 Å². The van der Waals surface area contributed by atoms with Gasteiger partial charge in [0.2, 0.25) is 0 Å². The molecule has 0 spiro atoms. The average Bonchev–Trinajstić information content (AvgIpc) is 3.39. The van der Waals surface area contributed by atoms with E-state index in [1.54, 1.807) is 0 Å². The molecule has 58 heavy (non-hydrogen) atoms. The summed E-state index contributed by atoms with van der Waals surface area (Å²) in [4.78, 5) is 15.7. The summed E-state index contributed by atoms with van der Waals surface area (Å²) in [6.07, 6.45) is 11.8. The molecule has 7 aromatic carbocycles. The van der Waals surface area contributed by atoms with Crippen LogP contribution in [0.5, 0.6) is 0 Å². The molecule has 4 heteroatoms. The van der Waals surface area contributed by atoms with Crippen molar-refractivity contribution in [2.45, 2.75) is 20.3 Å². The fourth-order valence-corrected chi connectivity index (χ4v) is 8.28. The zero-order chi connectivity index (χ0) is 39.0. The largest absolute Gasteiger partial charge is 0.309 e. The molecule has 2 aromatic heterocycles. The van der Waals surface area contributed by atoms with Crippen molar-refractivity contribution >= 4 is 27.4 Å². The average molecular weight is 745 g/mol. The van der Waals surface area contributed by atoms with E-state index in [-0.39, 0.29) is 0 Å². The number of nitrogens with zero attached hydrogens (tertiary/aromatic N) is 4. The second-order valence-electron chi connectivity index (χ2n) is 14.9. The lowest BCUT2D eigenvalue weighted by molar-refractivity contribution is 1.08. The highest BCUT2D eigenvalue weighted by Crippen LogP contribution is 2.39. The van der Waals surface area contributed by atoms with Gasteiger partial charge in [-0.2, -0.15) is 0 Å². The molecule has 1 aliphatic rings. The lowest BCUT2D eigenvalue weighted by atomic mass is 9.95. The van der Waals surface area contributed by atoms with Crippen LogP contribution >= 0.6 is 0 Å². The van der Waals surface area contributed by atoms with E-state index in [2.05, 4.69) is 213 Å². The van der Waals surface area contributed by atoms with Crippen molar-refractivity contribution in [3.63, 3.8) is 0 Å². The summed E-state index contributed by atoms with van der Waals surface area (Å²) in [6.45, 7) is 4.33. The van der Waals surface area contributed by atoms with E-state index >= 15 is 0 Å². The molecule has 0 aliphatic heterocycles. The third kappa shape index (κ3) is 6.45. The van der Waals surface area contributed by atoms with Crippen LogP contribution in [0.4, 0.5) is 0 Å². The third-order valence-electron chi connectivity index (χ3n) is 11.2. The van der Waals surface area contributed by atoms with Crippen molar-refractivity contribution in [1.29, 1.82) is 0 Å². The van der Waals surface area contributed by atoms with Crippen molar-refractivity contribution in [2.75, 3.05) is 0 Å². The lowest BCUT2D eigenvalue weighted by Gasteiger charge is -2.13. The molecule has 1 aliphatic carbocycles. The highest BCUT2D eigenvalue weighted by Gasteiger charge is 2.20. The number of aromatic nitrogens is 4. The number of hydrogen-bond acceptors (Lipinski definition) is 3. The second-order valence-corrected chi connectivity index (χ2v) is 14.9. The molecule has 0 unspecified atom stereocenters. The van der Waals surface area contributed by atoms with Gasteiger partial charge < -0.3 is 4.57 Å². The van der Waals surface area contributed by atoms with Gasteiger partial charge in [0.1, 0.15) is 0 Å². The molecule has 0 saturated heterocycles. The van der Waals surface area contributed by atoms with Gasteiger partial charge in [0.15, 0.2) is 17.5 Å². The van der Waals surface area contributed by atoms with Crippen molar-refractivity contribution < 1.29 is 0 Å². The summed E-state index contributed by atoms with van der Waals surface area (Å²) >= 11 is 0. The molecule has 9 aromatic rings. The maximum Gasteiger partial charge on any atom is 0.164 e. The smallest absolute Gasteiger partial charge is 0.164 e. The number of benzene rings is 7. The normalized spacial score (nSPS) is 12.6. The maximum atomic E-state index is 5.28. The van der Waals surface area contributed by atoms with Gasteiger partial charge in [0, 0.05) is 33.2 Å². The highest BCUT2D eigenvalue weighted by molar-refractivity contribution is 6.15. The zero-order valence-electron chi connectivity index (χ0n) is 32.5. The van der Waals surface area contributed by atoms with E-state index in [0.29, 0.717) is 17.5 Å². The minimum atomic E-state index is 0.631. The molecule has 0 amide bonds. The van der Waals surface area contributed by atoms with Crippen LogP contribution in [-0.4, -0.2) is 19.5 Å². The van der Waals surface area contributed by atoms with Gasteiger partial charge in [-0.05, 0) is 101 Å². The van der Waals surface area contributed by atoms with Crippen molar-refractivity contribution in [3.05, 3.63) is 211 Å². The maximum absolute atomic E-state index is 5.28. The summed E-state index contributed by atoms with van der Waals surface area (Å²) in [5.74, 6) is 1.91. The molecule has 4 nitrogen and oxygen atoms in total. The van der Waals surface area contributed by atoms with E-state index in [0.717, 1.165) is 56.2 Å². The monoisotopic (exact) mass is 744 g/mol. The minimum absolute atomic E-state index is 0.631. The Morgan fingerprint density at radius 3 is 1.95 bits per heavy atom. The summed E-state index contributed by atoms with van der Waals surface area (Å²) in [6, 6.07) is 58.0. The van der Waals surface area contributed by atoms with Crippen LogP contribution in [0.15, 0.2) is 194 Å². The number of aryl methyl sites for hydroxylation is 2. The van der Waals surface area contributed by atoms with Crippen LogP contribution < -0.4 is 0 Å². The molecule has 0 atom stereocenters. The molecule has 0 N–H and O–H groups in total. The van der Waals surface area contributed by atoms with Crippen LogP contribution in [0.1, 0.15) is 23.1 Å². The van der Waals surface area contributed by atoms with Gasteiger partial charge >= 0.3 is 0 Å². The molecule has 0 bridgehead atoms. The van der Waals surface area contributed by atoms with Crippen LogP contribution in [0.3, 0.4) is 0 Å². The van der Waals surface area contributed by atoms with Gasteiger partial charge in [0.05, 0.1) is 11.0 Å². The molecule has 10 rings (SSSR count). The van der Waals surface area contributed by atoms with E-state index in [1.165, 1.54) is 39.0 Å². The van der Waals surface area contributed by atoms with E-state index < -0.39 is 0 Å². The zero-order valence-corrected chi connectivity index (χ0v) is 32.5. The number of hydrogen-bond donors (Lipinski definition) is 0. The number of allylic oxidation sites excluding steroid dienone is 6. The number of rotatable bonds is 7. The highest BCUT2D eigenvalue weighted by atomic mass is 15.0. The second kappa shape index (κ2) is 14.9. The first kappa shape index (κ1) is 35.0. The van der Waals surface area contributed by atoms with Crippen molar-refractivity contribution in [3.8, 4) is 62.1 Å². The van der Waals surface area contributed by atoms with Crippen LogP contribution in [0.2, 0.25) is 0 Å². The fraction of sp³-hybridized carbons (Fsp3) is 0.0556. The first-order valence-electron chi connectivity index (χ1n) is 19.8. The number of para-hydroxylation sites is 2. The first-order valence-corrected chi connectivity index (χ1v) is 19.8. The fourth-order valence-electron chi connectivity index (χ4n) is 8.28. The first-order chi connectivity index (χ1) is 28.6. The van der Waals surface area contributed by atoms with E-state index in [4.69, 9.17) is 15.0 Å². The Balaban J connectivity index is 1.12. The minimum Gasteiger partial charge on any atom is -0.309 e. The van der Waals surface area contributed by atoms with Crippen LogP contribution in [0, 0.1) is 13.8 Å². The molecule has 0 saturated carbocycles.